The average molecular weight is 544 g/mol. The van der Waals surface area contributed by atoms with Gasteiger partial charge in [0.15, 0.2) is 0 Å². The molecular formula is C25H23BF4PRh. The molecule has 2 aliphatic carbocycles. The van der Waals surface area contributed by atoms with Gasteiger partial charge in [-0.2, -0.15) is 0 Å². The van der Waals surface area contributed by atoms with Crippen LogP contribution in [-0.4, -0.2) is 7.25 Å². The van der Waals surface area contributed by atoms with Gasteiger partial charge in [-0.1, -0.05) is 115 Å². The van der Waals surface area contributed by atoms with E-state index in [4.69, 9.17) is 0 Å². The molecule has 0 N–H and O–H groups in total. The summed E-state index contributed by atoms with van der Waals surface area (Å²) in [6.45, 7) is 0. The Labute approximate surface area is 201 Å². The zero-order valence-electron chi connectivity index (χ0n) is 17.2. The van der Waals surface area contributed by atoms with Crippen molar-refractivity contribution in [2.75, 3.05) is 0 Å². The molecule has 0 spiro atoms. The van der Waals surface area contributed by atoms with Gasteiger partial charge >= 0.3 is 26.7 Å². The SMILES string of the molecule is C1=CC2C=CC1C2.F[B-](F)(F)F.[Rh+].c1ccc(P(c2ccccc2)c2ccccc2)cc1. The molecular weight excluding hydrogens is 521 g/mol. The maximum absolute atomic E-state index is 9.75. The fraction of sp³-hybridized carbons (Fsp3) is 0.120. The Balaban J connectivity index is 0.000000229. The van der Waals surface area contributed by atoms with Crippen LogP contribution in [-0.2, 0) is 19.5 Å². The van der Waals surface area contributed by atoms with Crippen molar-refractivity contribution in [1.29, 1.82) is 0 Å². The van der Waals surface area contributed by atoms with Crippen molar-refractivity contribution in [1.82, 2.24) is 0 Å². The van der Waals surface area contributed by atoms with E-state index in [1.807, 2.05) is 0 Å². The van der Waals surface area contributed by atoms with E-state index in [1.165, 1.54) is 22.3 Å². The maximum Gasteiger partial charge on any atom is 1.00 e. The van der Waals surface area contributed by atoms with Crippen LogP contribution in [0.15, 0.2) is 115 Å². The average Bonchev–Trinajstić information content (AvgIpc) is 3.42. The molecule has 3 aromatic carbocycles. The molecule has 0 radical (unpaired) electrons. The molecule has 0 nitrogen and oxygen atoms in total. The number of hydrogen-bond donors (Lipinski definition) is 0. The van der Waals surface area contributed by atoms with E-state index >= 15 is 0 Å². The van der Waals surface area contributed by atoms with E-state index < -0.39 is 15.2 Å². The van der Waals surface area contributed by atoms with E-state index in [0.29, 0.717) is 0 Å². The van der Waals surface area contributed by atoms with Crippen molar-refractivity contribution in [2.24, 2.45) is 11.8 Å². The Morgan fingerprint density at radius 3 is 0.969 bits per heavy atom. The van der Waals surface area contributed by atoms with Gasteiger partial charge in [0, 0.05) is 0 Å². The summed E-state index contributed by atoms with van der Waals surface area (Å²) in [5, 5.41) is 4.19. The van der Waals surface area contributed by atoms with Gasteiger partial charge in [-0.15, -0.1) is 0 Å². The predicted molar refractivity (Wildman–Crippen MR) is 125 cm³/mol. The summed E-state index contributed by atoms with van der Waals surface area (Å²) in [5.41, 5.74) is 0. The van der Waals surface area contributed by atoms with Crippen LogP contribution in [0.5, 0.6) is 0 Å². The van der Waals surface area contributed by atoms with Crippen LogP contribution in [0.2, 0.25) is 0 Å². The number of rotatable bonds is 3. The van der Waals surface area contributed by atoms with Crippen LogP contribution in [0, 0.1) is 11.8 Å². The molecule has 7 heteroatoms. The first-order valence-electron chi connectivity index (χ1n) is 10.1. The second kappa shape index (κ2) is 12.9. The van der Waals surface area contributed by atoms with Crippen molar-refractivity contribution in [3.63, 3.8) is 0 Å². The molecule has 0 saturated heterocycles. The zero-order chi connectivity index (χ0) is 22.1. The van der Waals surface area contributed by atoms with Crippen LogP contribution in [0.1, 0.15) is 6.42 Å². The predicted octanol–water partition coefficient (Wildman–Crippen LogP) is 6.49. The molecule has 32 heavy (non-hydrogen) atoms. The molecule has 3 aromatic rings. The van der Waals surface area contributed by atoms with Crippen molar-refractivity contribution in [2.45, 2.75) is 6.42 Å². The van der Waals surface area contributed by atoms with Gasteiger partial charge in [-0.3, -0.25) is 0 Å². The molecule has 0 aliphatic heterocycles. The summed E-state index contributed by atoms with van der Waals surface area (Å²) < 4.78 is 39.0. The molecule has 0 amide bonds. The molecule has 5 rings (SSSR count). The standard InChI is InChI=1S/C18H15P.C7H8.BF4.Rh/c1-4-10-16(11-5-1)19(17-12-6-2-7-13-17)18-14-8-3-9-15-18;1-2-7-4-3-6(1)5-7;2-1(3,4)5;/h1-15H;1-4,6-7H,5H2;;/q;;-1;+1. The van der Waals surface area contributed by atoms with E-state index in [2.05, 4.69) is 115 Å². The van der Waals surface area contributed by atoms with E-state index in [0.717, 1.165) is 11.8 Å². The summed E-state index contributed by atoms with van der Waals surface area (Å²) in [4.78, 5) is 0. The molecule has 2 aliphatic rings. The van der Waals surface area contributed by atoms with Gasteiger partial charge in [-0.25, -0.2) is 0 Å². The first kappa shape index (κ1) is 26.2. The number of benzene rings is 3. The first-order chi connectivity index (χ1) is 14.9. The van der Waals surface area contributed by atoms with Crippen molar-refractivity contribution >= 4 is 31.1 Å². The van der Waals surface area contributed by atoms with Gasteiger partial charge in [0.2, 0.25) is 0 Å². The summed E-state index contributed by atoms with van der Waals surface area (Å²) >= 11 is 0. The second-order valence-corrected chi connectivity index (χ2v) is 9.39. The zero-order valence-corrected chi connectivity index (χ0v) is 19.7. The maximum atomic E-state index is 9.75. The Kier molecular flexibility index (Phi) is 10.6. The number of hydrogen-bond acceptors (Lipinski definition) is 0. The molecule has 2 bridgehead atoms. The van der Waals surface area contributed by atoms with Gasteiger partial charge in [0.25, 0.3) is 0 Å². The number of halogens is 4. The summed E-state index contributed by atoms with van der Waals surface area (Å²) in [6.07, 6.45) is 10.5. The third kappa shape index (κ3) is 8.85. The molecule has 0 saturated carbocycles. The van der Waals surface area contributed by atoms with Gasteiger partial charge in [0.05, 0.1) is 0 Å². The summed E-state index contributed by atoms with van der Waals surface area (Å²) in [6, 6.07) is 32.3. The Morgan fingerprint density at radius 2 is 0.781 bits per heavy atom. The minimum atomic E-state index is -6.00. The monoisotopic (exact) mass is 544 g/mol. The molecule has 0 unspecified atom stereocenters. The van der Waals surface area contributed by atoms with Crippen LogP contribution in [0.4, 0.5) is 17.3 Å². The second-order valence-electron chi connectivity index (χ2n) is 7.17. The van der Waals surface area contributed by atoms with Crippen LogP contribution < -0.4 is 15.9 Å². The van der Waals surface area contributed by atoms with E-state index in [1.54, 1.807) is 0 Å². The van der Waals surface area contributed by atoms with Crippen LogP contribution in [0.3, 0.4) is 0 Å². The summed E-state index contributed by atoms with van der Waals surface area (Å²) in [7, 11) is -6.45. The molecule has 0 heterocycles. The topological polar surface area (TPSA) is 0 Å². The van der Waals surface area contributed by atoms with Crippen LogP contribution in [0.25, 0.3) is 0 Å². The van der Waals surface area contributed by atoms with Gasteiger partial charge in [-0.05, 0) is 42.1 Å². The van der Waals surface area contributed by atoms with Crippen molar-refractivity contribution in [3.8, 4) is 0 Å². The molecule has 0 aromatic heterocycles. The summed E-state index contributed by atoms with van der Waals surface area (Å²) in [5.74, 6) is 1.62. The third-order valence-corrected chi connectivity index (χ3v) is 7.24. The third-order valence-electron chi connectivity index (χ3n) is 4.80. The molecule has 168 valence electrons. The number of fused-ring (bicyclic) bond motifs is 2. The smallest absolute Gasteiger partial charge is 0.418 e. The van der Waals surface area contributed by atoms with Crippen LogP contribution >= 0.6 is 7.92 Å². The first-order valence-corrected chi connectivity index (χ1v) is 11.4. The fourth-order valence-electron chi connectivity index (χ4n) is 3.51. The van der Waals surface area contributed by atoms with Crippen molar-refractivity contribution in [3.05, 3.63) is 115 Å². The Hall–Kier alpha value is -2.02. The Bertz CT molecular complexity index is 851. The Morgan fingerprint density at radius 1 is 0.531 bits per heavy atom. The quantitative estimate of drug-likeness (QED) is 0.153. The van der Waals surface area contributed by atoms with E-state index in [-0.39, 0.29) is 19.5 Å². The molecule has 0 fully saturated rings. The van der Waals surface area contributed by atoms with Crippen molar-refractivity contribution < 1.29 is 36.7 Å². The molecule has 0 atom stereocenters. The minimum absolute atomic E-state index is 0. The van der Waals surface area contributed by atoms with Gasteiger partial charge in [0.1, 0.15) is 0 Å². The minimum Gasteiger partial charge on any atom is -0.418 e. The van der Waals surface area contributed by atoms with Gasteiger partial charge < -0.3 is 17.3 Å². The number of allylic oxidation sites excluding steroid dienone is 4. The largest absolute Gasteiger partial charge is 1.00 e. The fourth-order valence-corrected chi connectivity index (χ4v) is 5.81. The van der Waals surface area contributed by atoms with E-state index in [9.17, 15) is 17.3 Å². The normalized spacial score (nSPS) is 17.7.